The Bertz CT molecular complexity index is 631. The minimum absolute atomic E-state index is 0.00235. The molecule has 0 fully saturated rings. The number of aliphatic hydroxyl groups is 1. The fraction of sp³-hybridized carbons (Fsp3) is 0.0769. The smallest absolute Gasteiger partial charge is 0.135 e. The first-order valence-electron chi connectivity index (χ1n) is 5.27. The lowest BCUT2D eigenvalue weighted by atomic mass is 10.3. The van der Waals surface area contributed by atoms with Gasteiger partial charge in [-0.2, -0.15) is 0 Å². The molecule has 0 radical (unpaired) electrons. The third kappa shape index (κ3) is 1.45. The van der Waals surface area contributed by atoms with Crippen LogP contribution in [0.2, 0.25) is 0 Å². The Kier molecular flexibility index (Phi) is 2.55. The van der Waals surface area contributed by atoms with Crippen molar-refractivity contribution in [3.63, 3.8) is 0 Å². The lowest BCUT2D eigenvalue weighted by molar-refractivity contribution is 0.435. The van der Waals surface area contributed by atoms with E-state index in [4.69, 9.17) is 0 Å². The van der Waals surface area contributed by atoms with Crippen molar-refractivity contribution in [2.24, 2.45) is 0 Å². The molecule has 2 aromatic rings. The first kappa shape index (κ1) is 11.1. The summed E-state index contributed by atoms with van der Waals surface area (Å²) in [5.41, 5.74) is 2.64. The monoisotopic (exact) mass is 229 g/mol. The van der Waals surface area contributed by atoms with Crippen LogP contribution in [-0.4, -0.2) is 19.2 Å². The summed E-state index contributed by atoms with van der Waals surface area (Å²) in [7, 11) is 0. The molecule has 88 valence electrons. The van der Waals surface area contributed by atoms with Crippen LogP contribution in [0, 0.1) is 0 Å². The summed E-state index contributed by atoms with van der Waals surface area (Å²) in [4.78, 5) is 1.80. The molecule has 2 heterocycles. The molecule has 2 aromatic heterocycles. The Morgan fingerprint density at radius 1 is 1.24 bits per heavy atom. The van der Waals surface area contributed by atoms with Crippen molar-refractivity contribution in [3.8, 4) is 0 Å². The van der Waals surface area contributed by atoms with Crippen LogP contribution in [0.3, 0.4) is 0 Å². The van der Waals surface area contributed by atoms with E-state index in [0.29, 0.717) is 5.70 Å². The fourth-order valence-corrected chi connectivity index (χ4v) is 1.79. The summed E-state index contributed by atoms with van der Waals surface area (Å²) >= 11 is 0. The predicted molar refractivity (Wildman–Crippen MR) is 71.1 cm³/mol. The van der Waals surface area contributed by atoms with Crippen molar-refractivity contribution in [1.29, 1.82) is 0 Å². The number of aliphatic hydroxyl groups excluding tert-OH is 1. The largest absolute Gasteiger partial charge is 0.506 e. The summed E-state index contributed by atoms with van der Waals surface area (Å²) in [5.74, 6) is 0.00235. The Morgan fingerprint density at radius 3 is 2.35 bits per heavy atom. The van der Waals surface area contributed by atoms with Crippen LogP contribution < -0.4 is 0 Å². The van der Waals surface area contributed by atoms with E-state index < -0.39 is 0 Å². The van der Waals surface area contributed by atoms with Gasteiger partial charge in [-0.15, -0.1) is 14.1 Å². The Morgan fingerprint density at radius 2 is 1.88 bits per heavy atom. The van der Waals surface area contributed by atoms with Crippen LogP contribution in [0.4, 0.5) is 0 Å². The topological polar surface area (TPSA) is 34.0 Å². The molecule has 0 amide bonds. The predicted octanol–water partition coefficient (Wildman–Crippen LogP) is 3.05. The molecule has 0 unspecified atom stereocenters. The molecule has 0 bridgehead atoms. The van der Waals surface area contributed by atoms with Gasteiger partial charge < -0.3 is 5.11 Å². The maximum absolute atomic E-state index is 9.52. The van der Waals surface area contributed by atoms with E-state index in [1.165, 1.54) is 0 Å². The summed E-state index contributed by atoms with van der Waals surface area (Å²) in [6.07, 6.45) is 9.03. The molecule has 0 aliphatic rings. The molecule has 0 saturated carbocycles. The maximum Gasteiger partial charge on any atom is 0.135 e. The second-order valence-corrected chi connectivity index (χ2v) is 3.58. The van der Waals surface area contributed by atoms with Gasteiger partial charge >= 0.3 is 0 Å². The second-order valence-electron chi connectivity index (χ2n) is 3.58. The molecule has 1 N–H and O–H groups in total. The Labute approximate surface area is 99.7 Å². The highest BCUT2D eigenvalue weighted by Gasteiger charge is 2.28. The van der Waals surface area contributed by atoms with Crippen LogP contribution in [0.1, 0.15) is 18.3 Å². The molecule has 4 heteroatoms. The lowest BCUT2D eigenvalue weighted by Crippen LogP contribution is -1.98. The van der Waals surface area contributed by atoms with Gasteiger partial charge in [-0.3, -0.25) is 0 Å². The van der Waals surface area contributed by atoms with Crippen molar-refractivity contribution < 1.29 is 5.11 Å². The molecule has 0 aliphatic carbocycles. The molecule has 0 aliphatic heterocycles. The minimum Gasteiger partial charge on any atom is -0.506 e. The number of hydrogen-bond donors (Lipinski definition) is 1. The first-order valence-corrected chi connectivity index (χ1v) is 5.27. The summed E-state index contributed by atoms with van der Waals surface area (Å²) in [6.45, 7) is 12.9. The standard InChI is InChI=1S/C13H15N3O/c1-5-8-12(10(4)17)15-14-11(7-3)13(9-6-2)16(14)15/h5-9,17H,1,3-4H2,2H3/b9-6-,12-8+. The Hall–Kier alpha value is -2.36. The van der Waals surface area contributed by atoms with Crippen molar-refractivity contribution >= 4 is 17.8 Å². The number of allylic oxidation sites excluding steroid dienone is 4. The number of hydrogen-bond acceptors (Lipinski definition) is 1. The molecule has 0 saturated heterocycles. The number of aromatic nitrogens is 3. The Balaban J connectivity index is 2.51. The maximum atomic E-state index is 9.52. The van der Waals surface area contributed by atoms with E-state index in [2.05, 4.69) is 19.7 Å². The molecular formula is C13H15N3O. The van der Waals surface area contributed by atoms with Crippen molar-refractivity contribution in [1.82, 2.24) is 14.1 Å². The normalized spacial score (nSPS) is 12.9. The minimum atomic E-state index is 0.00235. The zero-order valence-corrected chi connectivity index (χ0v) is 9.80. The van der Waals surface area contributed by atoms with Crippen LogP contribution in [0.15, 0.2) is 43.7 Å². The van der Waals surface area contributed by atoms with Gasteiger partial charge in [0.05, 0.1) is 0 Å². The molecule has 4 nitrogen and oxygen atoms in total. The van der Waals surface area contributed by atoms with Gasteiger partial charge in [-0.05, 0) is 25.2 Å². The van der Waals surface area contributed by atoms with Gasteiger partial charge in [-0.1, -0.05) is 31.9 Å². The highest BCUT2D eigenvalue weighted by Crippen LogP contribution is 2.27. The van der Waals surface area contributed by atoms with Gasteiger partial charge in [0.25, 0.3) is 0 Å². The van der Waals surface area contributed by atoms with Crippen molar-refractivity contribution in [2.75, 3.05) is 0 Å². The van der Waals surface area contributed by atoms with Gasteiger partial charge in [0.1, 0.15) is 22.8 Å². The van der Waals surface area contributed by atoms with Gasteiger partial charge in [0, 0.05) is 0 Å². The van der Waals surface area contributed by atoms with Gasteiger partial charge in [-0.25, -0.2) is 0 Å². The highest BCUT2D eigenvalue weighted by molar-refractivity contribution is 5.67. The second kappa shape index (κ2) is 3.90. The first-order chi connectivity index (χ1) is 8.17. The van der Waals surface area contributed by atoms with E-state index in [1.807, 2.05) is 28.3 Å². The molecular weight excluding hydrogens is 214 g/mol. The number of fused-ring (bicyclic) bond motifs is 1. The molecule has 2 rings (SSSR count). The molecule has 0 atom stereocenters. The molecule has 0 aromatic carbocycles. The molecule has 0 spiro atoms. The van der Waals surface area contributed by atoms with Crippen molar-refractivity contribution in [3.05, 3.63) is 55.1 Å². The van der Waals surface area contributed by atoms with Gasteiger partial charge in [0.2, 0.25) is 0 Å². The van der Waals surface area contributed by atoms with Crippen molar-refractivity contribution in [2.45, 2.75) is 6.92 Å². The van der Waals surface area contributed by atoms with Gasteiger partial charge in [0.15, 0.2) is 0 Å². The zero-order chi connectivity index (χ0) is 12.6. The summed E-state index contributed by atoms with van der Waals surface area (Å²) < 4.78 is 3.80. The third-order valence-electron chi connectivity index (χ3n) is 2.51. The van der Waals surface area contributed by atoms with Crippen LogP contribution in [-0.2, 0) is 0 Å². The highest BCUT2D eigenvalue weighted by atomic mass is 16.3. The van der Waals surface area contributed by atoms with E-state index >= 15 is 0 Å². The average molecular weight is 229 g/mol. The van der Waals surface area contributed by atoms with E-state index in [1.54, 1.807) is 23.0 Å². The lowest BCUT2D eigenvalue weighted by Gasteiger charge is -1.98. The van der Waals surface area contributed by atoms with Crippen LogP contribution >= 0.6 is 0 Å². The van der Waals surface area contributed by atoms with Crippen LogP contribution in [0.5, 0.6) is 0 Å². The number of nitrogens with zero attached hydrogens (tertiary/aromatic N) is 3. The third-order valence-corrected chi connectivity index (χ3v) is 2.51. The summed E-state index contributed by atoms with van der Waals surface area (Å²) in [5, 5.41) is 9.52. The van der Waals surface area contributed by atoms with E-state index in [-0.39, 0.29) is 5.76 Å². The SMILES string of the molecule is C=C/C=C(\C(=C)O)n1n2c(C=C)c(/C=C\C)n12. The van der Waals surface area contributed by atoms with E-state index in [0.717, 1.165) is 11.4 Å². The quantitative estimate of drug-likeness (QED) is 0.620. The molecule has 17 heavy (non-hydrogen) atoms. The summed E-state index contributed by atoms with van der Waals surface area (Å²) in [6, 6.07) is 0. The van der Waals surface area contributed by atoms with E-state index in [9.17, 15) is 5.11 Å². The fourth-order valence-electron chi connectivity index (χ4n) is 1.79. The average Bonchev–Trinajstić information content (AvgIpc) is 2.92. The number of rotatable bonds is 5. The zero-order valence-electron chi connectivity index (χ0n) is 9.80. The van der Waals surface area contributed by atoms with Crippen LogP contribution in [0.25, 0.3) is 17.8 Å².